The SMILES string of the molecule is COc1cccc(-c2cc(-c3ccccc3)nc(-n3cc(C(=O)CCC(=O)O)c4cc(Cl)ccc43)n2)c1. The molecule has 0 saturated heterocycles. The van der Waals surface area contributed by atoms with Crippen molar-refractivity contribution in [1.82, 2.24) is 14.5 Å². The summed E-state index contributed by atoms with van der Waals surface area (Å²) in [5, 5.41) is 10.1. The molecule has 0 aliphatic carbocycles. The van der Waals surface area contributed by atoms with Crippen LogP contribution < -0.4 is 4.74 Å². The van der Waals surface area contributed by atoms with E-state index >= 15 is 0 Å². The molecule has 0 amide bonds. The van der Waals surface area contributed by atoms with Crippen LogP contribution >= 0.6 is 11.6 Å². The van der Waals surface area contributed by atoms with Gasteiger partial charge in [-0.25, -0.2) is 9.97 Å². The molecule has 5 rings (SSSR count). The lowest BCUT2D eigenvalue weighted by Crippen LogP contribution is -2.04. The number of methoxy groups -OCH3 is 1. The van der Waals surface area contributed by atoms with E-state index in [1.807, 2.05) is 60.7 Å². The third-order valence-electron chi connectivity index (χ3n) is 6.00. The van der Waals surface area contributed by atoms with Crippen molar-refractivity contribution in [3.8, 4) is 34.2 Å². The Balaban J connectivity index is 1.72. The number of hydrogen-bond acceptors (Lipinski definition) is 5. The number of nitrogens with zero attached hydrogens (tertiary/aromatic N) is 3. The van der Waals surface area contributed by atoms with Gasteiger partial charge in [0.05, 0.1) is 30.4 Å². The average molecular weight is 512 g/mol. The van der Waals surface area contributed by atoms with Gasteiger partial charge in [-0.15, -0.1) is 0 Å². The molecule has 0 aliphatic rings. The van der Waals surface area contributed by atoms with Gasteiger partial charge in [0.2, 0.25) is 5.95 Å². The Kier molecular flexibility index (Phi) is 6.70. The van der Waals surface area contributed by atoms with Gasteiger partial charge in [0.25, 0.3) is 0 Å². The number of hydrogen-bond donors (Lipinski definition) is 1. The molecule has 0 aliphatic heterocycles. The lowest BCUT2D eigenvalue weighted by atomic mass is 10.1. The van der Waals surface area contributed by atoms with Crippen molar-refractivity contribution in [2.45, 2.75) is 12.8 Å². The second kappa shape index (κ2) is 10.2. The number of benzene rings is 3. The van der Waals surface area contributed by atoms with Gasteiger partial charge in [0.15, 0.2) is 5.78 Å². The van der Waals surface area contributed by atoms with Crippen molar-refractivity contribution in [2.24, 2.45) is 0 Å². The highest BCUT2D eigenvalue weighted by atomic mass is 35.5. The predicted molar refractivity (Wildman–Crippen MR) is 142 cm³/mol. The fourth-order valence-electron chi connectivity index (χ4n) is 4.17. The van der Waals surface area contributed by atoms with Gasteiger partial charge >= 0.3 is 5.97 Å². The number of carboxylic acids is 1. The second-order valence-electron chi connectivity index (χ2n) is 8.43. The van der Waals surface area contributed by atoms with Gasteiger partial charge in [-0.05, 0) is 36.4 Å². The second-order valence-corrected chi connectivity index (χ2v) is 8.86. The van der Waals surface area contributed by atoms with E-state index in [4.69, 9.17) is 31.4 Å². The van der Waals surface area contributed by atoms with Crippen molar-refractivity contribution < 1.29 is 19.4 Å². The first-order chi connectivity index (χ1) is 17.9. The van der Waals surface area contributed by atoms with Crippen molar-refractivity contribution >= 4 is 34.3 Å². The lowest BCUT2D eigenvalue weighted by molar-refractivity contribution is -0.136. The highest BCUT2D eigenvalue weighted by Crippen LogP contribution is 2.31. The summed E-state index contributed by atoms with van der Waals surface area (Å²) in [6.07, 6.45) is 1.28. The number of rotatable bonds is 8. The number of ether oxygens (including phenoxy) is 1. The van der Waals surface area contributed by atoms with Gasteiger partial charge in [-0.1, -0.05) is 54.1 Å². The Bertz CT molecular complexity index is 1630. The first kappa shape index (κ1) is 24.2. The Morgan fingerprint density at radius 2 is 1.62 bits per heavy atom. The van der Waals surface area contributed by atoms with Crippen LogP contribution in [0.1, 0.15) is 23.2 Å². The minimum atomic E-state index is -1.03. The van der Waals surface area contributed by atoms with Crippen LogP contribution in [0.4, 0.5) is 0 Å². The van der Waals surface area contributed by atoms with Crippen LogP contribution in [0.2, 0.25) is 5.02 Å². The predicted octanol–water partition coefficient (Wildman–Crippen LogP) is 6.46. The largest absolute Gasteiger partial charge is 0.497 e. The Morgan fingerprint density at radius 3 is 2.35 bits per heavy atom. The van der Waals surface area contributed by atoms with Crippen LogP contribution in [-0.4, -0.2) is 38.5 Å². The molecule has 184 valence electrons. The Morgan fingerprint density at radius 1 is 0.892 bits per heavy atom. The maximum absolute atomic E-state index is 13.0. The Hall–Kier alpha value is -4.49. The molecule has 0 spiro atoms. The van der Waals surface area contributed by atoms with Crippen molar-refractivity contribution in [2.75, 3.05) is 7.11 Å². The average Bonchev–Trinajstić information content (AvgIpc) is 3.30. The first-order valence-corrected chi connectivity index (χ1v) is 12.0. The van der Waals surface area contributed by atoms with E-state index in [0.717, 1.165) is 11.1 Å². The third-order valence-corrected chi connectivity index (χ3v) is 6.23. The summed E-state index contributed by atoms with van der Waals surface area (Å²) < 4.78 is 7.15. The molecule has 0 bridgehead atoms. The molecular weight excluding hydrogens is 490 g/mol. The summed E-state index contributed by atoms with van der Waals surface area (Å²) in [7, 11) is 1.61. The van der Waals surface area contributed by atoms with Gasteiger partial charge < -0.3 is 9.84 Å². The Labute approximate surface area is 218 Å². The zero-order valence-electron chi connectivity index (χ0n) is 19.9. The van der Waals surface area contributed by atoms with E-state index in [9.17, 15) is 9.59 Å². The molecule has 0 saturated carbocycles. The molecule has 0 atom stereocenters. The molecule has 2 heterocycles. The minimum absolute atomic E-state index is 0.124. The van der Waals surface area contributed by atoms with E-state index < -0.39 is 5.97 Å². The normalized spacial score (nSPS) is 11.0. The van der Waals surface area contributed by atoms with E-state index in [1.165, 1.54) is 0 Å². The molecule has 3 aromatic carbocycles. The highest BCUT2D eigenvalue weighted by molar-refractivity contribution is 6.31. The van der Waals surface area contributed by atoms with Crippen LogP contribution in [0.5, 0.6) is 5.75 Å². The number of ketones is 1. The van der Waals surface area contributed by atoms with Crippen LogP contribution in [0.25, 0.3) is 39.4 Å². The van der Waals surface area contributed by atoms with Gasteiger partial charge in [-0.3, -0.25) is 14.2 Å². The monoisotopic (exact) mass is 511 g/mol. The molecule has 8 heteroatoms. The van der Waals surface area contributed by atoms with Crippen LogP contribution in [0.3, 0.4) is 0 Å². The number of carbonyl (C=O) groups is 2. The van der Waals surface area contributed by atoms with Crippen LogP contribution in [-0.2, 0) is 4.79 Å². The number of carbonyl (C=O) groups excluding carboxylic acids is 1. The van der Waals surface area contributed by atoms with Gasteiger partial charge in [0.1, 0.15) is 5.75 Å². The molecule has 2 aromatic heterocycles. The molecule has 5 aromatic rings. The molecule has 1 N–H and O–H groups in total. The fraction of sp³-hybridized carbons (Fsp3) is 0.103. The van der Waals surface area contributed by atoms with Crippen molar-refractivity contribution in [3.05, 3.63) is 95.6 Å². The maximum Gasteiger partial charge on any atom is 0.303 e. The lowest BCUT2D eigenvalue weighted by Gasteiger charge is -2.11. The number of fused-ring (bicyclic) bond motifs is 1. The molecule has 0 radical (unpaired) electrons. The summed E-state index contributed by atoms with van der Waals surface area (Å²) in [6, 6.07) is 24.5. The van der Waals surface area contributed by atoms with Gasteiger partial charge in [-0.2, -0.15) is 0 Å². The molecule has 37 heavy (non-hydrogen) atoms. The first-order valence-electron chi connectivity index (χ1n) is 11.6. The zero-order valence-corrected chi connectivity index (χ0v) is 20.6. The molecule has 0 fully saturated rings. The van der Waals surface area contributed by atoms with E-state index in [2.05, 4.69) is 0 Å². The van der Waals surface area contributed by atoms with Crippen LogP contribution in [0, 0.1) is 0 Å². The maximum atomic E-state index is 13.0. The number of halogens is 1. The summed E-state index contributed by atoms with van der Waals surface area (Å²) >= 11 is 6.26. The molecule has 7 nitrogen and oxygen atoms in total. The van der Waals surface area contributed by atoms with Crippen molar-refractivity contribution in [3.63, 3.8) is 0 Å². The highest BCUT2D eigenvalue weighted by Gasteiger charge is 2.20. The summed E-state index contributed by atoms with van der Waals surface area (Å²) in [6.45, 7) is 0. The van der Waals surface area contributed by atoms with Crippen molar-refractivity contribution in [1.29, 1.82) is 0 Å². The van der Waals surface area contributed by atoms with E-state index in [1.54, 1.807) is 36.1 Å². The minimum Gasteiger partial charge on any atom is -0.497 e. The number of Topliss-reactive ketones (excluding diaryl/α,β-unsaturated/α-hetero) is 1. The summed E-state index contributed by atoms with van der Waals surface area (Å²) in [4.78, 5) is 33.7. The van der Waals surface area contributed by atoms with E-state index in [0.29, 0.717) is 44.6 Å². The number of carboxylic acid groups (broad SMARTS) is 1. The molecular formula is C29H22ClN3O4. The number of aromatic nitrogens is 3. The molecule has 0 unspecified atom stereocenters. The summed E-state index contributed by atoms with van der Waals surface area (Å²) in [5.74, 6) is -0.257. The number of aliphatic carboxylic acids is 1. The standard InChI is InChI=1S/C29H22ClN3O4/c1-37-21-9-5-8-19(14-21)25-16-24(18-6-3-2-4-7-18)31-29(32-25)33-17-23(27(34)12-13-28(35)36)22-15-20(30)10-11-26(22)33/h2-11,14-17H,12-13H2,1H3,(H,35,36). The smallest absolute Gasteiger partial charge is 0.303 e. The zero-order chi connectivity index (χ0) is 25.9. The van der Waals surface area contributed by atoms with E-state index in [-0.39, 0.29) is 18.6 Å². The quantitative estimate of drug-likeness (QED) is 0.240. The summed E-state index contributed by atoms with van der Waals surface area (Å²) in [5.41, 5.74) is 4.19. The van der Waals surface area contributed by atoms with Gasteiger partial charge in [0, 0.05) is 39.7 Å². The topological polar surface area (TPSA) is 94.3 Å². The fourth-order valence-corrected chi connectivity index (χ4v) is 4.35. The third kappa shape index (κ3) is 5.08. The van der Waals surface area contributed by atoms with Crippen LogP contribution in [0.15, 0.2) is 85.1 Å².